The monoisotopic (exact) mass is 691 g/mol. The molecule has 0 fully saturated rings. The van der Waals surface area contributed by atoms with Gasteiger partial charge in [-0.3, -0.25) is 9.59 Å². The fraction of sp³-hybridized carbons (Fsp3) is 0.270. The Kier molecular flexibility index (Phi) is 11.6. The summed E-state index contributed by atoms with van der Waals surface area (Å²) in [6, 6.07) is 17.6. The van der Waals surface area contributed by atoms with Crippen LogP contribution in [0, 0.1) is 23.3 Å². The topological polar surface area (TPSA) is 134 Å². The number of aromatic nitrogens is 2. The average molecular weight is 692 g/mol. The van der Waals surface area contributed by atoms with Gasteiger partial charge in [0.2, 0.25) is 5.91 Å². The highest BCUT2D eigenvalue weighted by Crippen LogP contribution is 2.30. The van der Waals surface area contributed by atoms with E-state index in [4.69, 9.17) is 10.7 Å². The molecular weight excluding hydrogens is 654 g/mol. The number of nitrogens with one attached hydrogen (secondary N) is 1. The quantitative estimate of drug-likeness (QED) is 0.116. The highest BCUT2D eigenvalue weighted by Gasteiger charge is 2.23. The van der Waals surface area contributed by atoms with Gasteiger partial charge in [0.25, 0.3) is 0 Å². The summed E-state index contributed by atoms with van der Waals surface area (Å²) in [5.41, 5.74) is 10.1. The number of rotatable bonds is 15. The van der Waals surface area contributed by atoms with E-state index in [2.05, 4.69) is 5.32 Å². The van der Waals surface area contributed by atoms with Gasteiger partial charge in [-0.05, 0) is 90.7 Å². The van der Waals surface area contributed by atoms with Crippen molar-refractivity contribution >= 4 is 28.4 Å². The summed E-state index contributed by atoms with van der Waals surface area (Å²) >= 11 is 0. The fourth-order valence-electron chi connectivity index (χ4n) is 5.83. The number of nitrogens with two attached hydrogens (primary N) is 1. The Labute approximate surface area is 286 Å². The van der Waals surface area contributed by atoms with Crippen molar-refractivity contribution in [3.63, 3.8) is 0 Å². The fourth-order valence-corrected chi connectivity index (χ4v) is 5.83. The number of fused-ring (bicyclic) bond motifs is 1. The number of imidazole rings is 1. The first-order valence-electron chi connectivity index (χ1n) is 16.0. The van der Waals surface area contributed by atoms with Crippen LogP contribution in [0.5, 0.6) is 0 Å². The number of anilines is 1. The second kappa shape index (κ2) is 16.1. The minimum absolute atomic E-state index is 0.0583. The molecule has 5 rings (SSSR count). The summed E-state index contributed by atoms with van der Waals surface area (Å²) in [6.45, 7) is 1.98. The van der Waals surface area contributed by atoms with Crippen molar-refractivity contribution in [1.82, 2.24) is 14.9 Å². The second-order valence-electron chi connectivity index (χ2n) is 12.0. The van der Waals surface area contributed by atoms with E-state index in [1.165, 1.54) is 19.1 Å². The normalized spacial score (nSPS) is 12.6. The molecule has 0 saturated heterocycles. The number of hydrogen-bond donors (Lipinski definition) is 4. The second-order valence-corrected chi connectivity index (χ2v) is 12.0. The number of hydrogen-bond acceptors (Lipinski definition) is 7. The van der Waals surface area contributed by atoms with E-state index in [0.717, 1.165) is 30.0 Å². The minimum Gasteiger partial charge on any atom is -0.395 e. The van der Waals surface area contributed by atoms with E-state index in [0.29, 0.717) is 52.2 Å². The van der Waals surface area contributed by atoms with Gasteiger partial charge in [0.15, 0.2) is 23.3 Å². The van der Waals surface area contributed by atoms with Gasteiger partial charge in [-0.15, -0.1) is 0 Å². The maximum absolute atomic E-state index is 14.2. The summed E-state index contributed by atoms with van der Waals surface area (Å²) in [7, 11) is 0. The lowest BCUT2D eigenvalue weighted by molar-refractivity contribution is -0.123. The summed E-state index contributed by atoms with van der Waals surface area (Å²) in [5, 5.41) is 21.7. The van der Waals surface area contributed by atoms with E-state index in [1.807, 2.05) is 33.7 Å². The van der Waals surface area contributed by atoms with Gasteiger partial charge in [0, 0.05) is 37.3 Å². The maximum atomic E-state index is 14.2. The number of ketones is 1. The average Bonchev–Trinajstić information content (AvgIpc) is 3.44. The van der Waals surface area contributed by atoms with E-state index >= 15 is 0 Å². The number of aliphatic hydroxyl groups is 2. The van der Waals surface area contributed by atoms with Gasteiger partial charge in [0.05, 0.1) is 36.3 Å². The Morgan fingerprint density at radius 3 is 2.06 bits per heavy atom. The van der Waals surface area contributed by atoms with Crippen LogP contribution in [0.3, 0.4) is 0 Å². The predicted octanol–water partition coefficient (Wildman–Crippen LogP) is 4.81. The number of nitrogens with zero attached hydrogens (tertiary/aromatic N) is 3. The molecule has 1 unspecified atom stereocenters. The van der Waals surface area contributed by atoms with Crippen LogP contribution in [0.15, 0.2) is 78.9 Å². The van der Waals surface area contributed by atoms with Gasteiger partial charge in [0.1, 0.15) is 11.6 Å². The lowest BCUT2D eigenvalue weighted by atomic mass is 9.99. The maximum Gasteiger partial charge on any atom is 0.237 e. The van der Waals surface area contributed by atoms with Crippen LogP contribution in [-0.2, 0) is 22.6 Å². The molecule has 0 spiro atoms. The van der Waals surface area contributed by atoms with Crippen molar-refractivity contribution in [2.24, 2.45) is 5.73 Å². The Balaban J connectivity index is 1.50. The van der Waals surface area contributed by atoms with Crippen LogP contribution in [0.4, 0.5) is 23.2 Å². The molecule has 0 bridgehead atoms. The number of carbonyl (C=O) groups excluding carboxylic acids is 2. The van der Waals surface area contributed by atoms with E-state index in [-0.39, 0.29) is 38.4 Å². The third-order valence-electron chi connectivity index (χ3n) is 8.31. The van der Waals surface area contributed by atoms with E-state index < -0.39 is 41.3 Å². The molecule has 50 heavy (non-hydrogen) atoms. The summed E-state index contributed by atoms with van der Waals surface area (Å²) in [4.78, 5) is 32.2. The lowest BCUT2D eigenvalue weighted by Gasteiger charge is -2.23. The summed E-state index contributed by atoms with van der Waals surface area (Å²) in [5.74, 6) is -4.32. The molecule has 1 aromatic heterocycles. The molecule has 5 aromatic rings. The first kappa shape index (κ1) is 36.2. The van der Waals surface area contributed by atoms with Crippen molar-refractivity contribution in [3.8, 4) is 11.4 Å². The van der Waals surface area contributed by atoms with Gasteiger partial charge < -0.3 is 30.7 Å². The van der Waals surface area contributed by atoms with E-state index in [9.17, 15) is 37.4 Å². The molecule has 9 nitrogen and oxygen atoms in total. The number of carbonyl (C=O) groups is 2. The van der Waals surface area contributed by atoms with Crippen LogP contribution in [0.2, 0.25) is 0 Å². The Morgan fingerprint density at radius 1 is 0.840 bits per heavy atom. The zero-order valence-electron chi connectivity index (χ0n) is 27.3. The zero-order chi connectivity index (χ0) is 35.9. The largest absolute Gasteiger partial charge is 0.395 e. The van der Waals surface area contributed by atoms with Crippen molar-refractivity contribution in [1.29, 1.82) is 0 Å². The molecule has 2 atom stereocenters. The number of aliphatic hydroxyl groups excluding tert-OH is 2. The van der Waals surface area contributed by atoms with Crippen LogP contribution >= 0.6 is 0 Å². The third kappa shape index (κ3) is 8.54. The molecule has 4 aromatic carbocycles. The van der Waals surface area contributed by atoms with Gasteiger partial charge in [-0.1, -0.05) is 18.2 Å². The van der Waals surface area contributed by atoms with Gasteiger partial charge in [-0.25, -0.2) is 22.5 Å². The van der Waals surface area contributed by atoms with Crippen molar-refractivity contribution in [3.05, 3.63) is 119 Å². The third-order valence-corrected chi connectivity index (χ3v) is 8.31. The zero-order valence-corrected chi connectivity index (χ0v) is 27.3. The van der Waals surface area contributed by atoms with E-state index in [1.54, 1.807) is 18.2 Å². The van der Waals surface area contributed by atoms with Crippen LogP contribution in [0.25, 0.3) is 22.4 Å². The lowest BCUT2D eigenvalue weighted by Crippen LogP contribution is -2.43. The van der Waals surface area contributed by atoms with Gasteiger partial charge in [-0.2, -0.15) is 0 Å². The molecule has 0 radical (unpaired) electrons. The molecule has 13 heteroatoms. The first-order valence-corrected chi connectivity index (χ1v) is 16.0. The molecule has 1 heterocycles. The molecule has 0 saturated carbocycles. The SMILES string of the molecule is CC(=O)CC(NC(=O)[C@@H](N)Cc1ccc(F)c(F)c1)c1ccc2c(c1)nc(-c1ccc(N(CCO)CCO)cc1)n2Cc1ccc(F)c(F)c1. The Hall–Kier alpha value is -5.11. The molecular formula is C37H37F4N5O4. The Morgan fingerprint density at radius 2 is 1.46 bits per heavy atom. The number of benzene rings is 4. The van der Waals surface area contributed by atoms with Crippen LogP contribution < -0.4 is 16.0 Å². The summed E-state index contributed by atoms with van der Waals surface area (Å²) in [6.07, 6.45) is -0.125. The predicted molar refractivity (Wildman–Crippen MR) is 181 cm³/mol. The minimum atomic E-state index is -1.12. The van der Waals surface area contributed by atoms with Crippen molar-refractivity contribution in [2.75, 3.05) is 31.2 Å². The Bertz CT molecular complexity index is 1980. The van der Waals surface area contributed by atoms with Crippen molar-refractivity contribution < 1.29 is 37.4 Å². The van der Waals surface area contributed by atoms with Gasteiger partial charge >= 0.3 is 0 Å². The molecule has 0 aliphatic carbocycles. The smallest absolute Gasteiger partial charge is 0.237 e. The van der Waals surface area contributed by atoms with Crippen LogP contribution in [0.1, 0.15) is 36.1 Å². The van der Waals surface area contributed by atoms with Crippen LogP contribution in [-0.4, -0.2) is 63.8 Å². The standard InChI is InChI=1S/C37H37F4N5O4/c1-22(49)16-33(44-37(50)32(42)19-23-2-9-28(38)30(40)17-23)26-6-11-35-34(20-26)43-36(46(35)21-24-3-10-29(39)31(41)18-24)25-4-7-27(8-5-25)45(12-14-47)13-15-48/h2-11,17-18,20,32-33,47-48H,12-16,19,21,42H2,1H3,(H,44,50)/t32-,33?/m0/s1. The number of halogens is 4. The molecule has 1 amide bonds. The summed E-state index contributed by atoms with van der Waals surface area (Å²) < 4.78 is 56.9. The van der Waals surface area contributed by atoms with Crippen molar-refractivity contribution in [2.45, 2.75) is 38.4 Å². The highest BCUT2D eigenvalue weighted by molar-refractivity contribution is 5.85. The highest BCUT2D eigenvalue weighted by atomic mass is 19.2. The number of amides is 1. The molecule has 0 aliphatic heterocycles. The first-order chi connectivity index (χ1) is 24.0. The molecule has 5 N–H and O–H groups in total. The number of Topliss-reactive ketones (excluding diaryl/α,β-unsaturated/α-hetero) is 1. The molecule has 0 aliphatic rings. The molecule has 262 valence electrons.